The fourth-order valence-electron chi connectivity index (χ4n) is 1.90. The second-order valence-electron chi connectivity index (χ2n) is 4.53. The first kappa shape index (κ1) is 15.5. The van der Waals surface area contributed by atoms with Gasteiger partial charge in [-0.2, -0.15) is 0 Å². The molecule has 0 heterocycles. The van der Waals surface area contributed by atoms with E-state index in [2.05, 4.69) is 4.72 Å². The van der Waals surface area contributed by atoms with Gasteiger partial charge in [0.15, 0.2) is 0 Å². The summed E-state index contributed by atoms with van der Waals surface area (Å²) in [5.41, 5.74) is 7.10. The molecule has 0 amide bonds. The molecule has 0 saturated carbocycles. The Labute approximate surface area is 128 Å². The van der Waals surface area contributed by atoms with Crippen LogP contribution in [-0.2, 0) is 10.0 Å². The molecule has 0 aliphatic heterocycles. The second-order valence-corrected chi connectivity index (χ2v) is 6.65. The van der Waals surface area contributed by atoms with Crippen LogP contribution in [0, 0.1) is 6.92 Å². The summed E-state index contributed by atoms with van der Waals surface area (Å²) in [6.45, 7) is 1.77. The lowest BCUT2D eigenvalue weighted by atomic mass is 10.2. The Morgan fingerprint density at radius 2 is 1.90 bits per heavy atom. The maximum absolute atomic E-state index is 12.4. The molecule has 5 nitrogen and oxygen atoms in total. The van der Waals surface area contributed by atoms with Crippen LogP contribution in [0.3, 0.4) is 0 Å². The maximum Gasteiger partial charge on any atom is 0.262 e. The van der Waals surface area contributed by atoms with Crippen LogP contribution >= 0.6 is 11.6 Å². The Morgan fingerprint density at radius 1 is 1.19 bits per heavy atom. The van der Waals surface area contributed by atoms with Crippen molar-refractivity contribution in [3.8, 4) is 5.75 Å². The first-order valence-corrected chi connectivity index (χ1v) is 7.91. The molecule has 2 aromatic carbocycles. The minimum Gasteiger partial charge on any atom is -0.495 e. The van der Waals surface area contributed by atoms with Crippen molar-refractivity contribution in [2.24, 2.45) is 0 Å². The average Bonchev–Trinajstić information content (AvgIpc) is 2.37. The number of aryl methyl sites for hydroxylation is 1. The van der Waals surface area contributed by atoms with Gasteiger partial charge in [-0.15, -0.1) is 0 Å². The van der Waals surface area contributed by atoms with E-state index in [9.17, 15) is 8.42 Å². The molecule has 3 N–H and O–H groups in total. The number of rotatable bonds is 4. The van der Waals surface area contributed by atoms with Crippen LogP contribution < -0.4 is 15.2 Å². The van der Waals surface area contributed by atoms with E-state index >= 15 is 0 Å². The summed E-state index contributed by atoms with van der Waals surface area (Å²) in [6.07, 6.45) is 0. The number of methoxy groups -OCH3 is 1. The summed E-state index contributed by atoms with van der Waals surface area (Å²) < 4.78 is 32.4. The number of nitrogens with one attached hydrogen (secondary N) is 1. The van der Waals surface area contributed by atoms with E-state index in [4.69, 9.17) is 22.1 Å². The fraction of sp³-hybridized carbons (Fsp3) is 0.143. The molecule has 0 fully saturated rings. The van der Waals surface area contributed by atoms with Gasteiger partial charge in [-0.1, -0.05) is 11.6 Å². The minimum atomic E-state index is -3.78. The third-order valence-electron chi connectivity index (χ3n) is 2.79. The van der Waals surface area contributed by atoms with Crippen LogP contribution in [-0.4, -0.2) is 15.5 Å². The highest BCUT2D eigenvalue weighted by atomic mass is 35.5. The number of anilines is 2. The van der Waals surface area contributed by atoms with E-state index < -0.39 is 10.0 Å². The number of ether oxygens (including phenoxy) is 1. The third-order valence-corrected chi connectivity index (χ3v) is 4.37. The fourth-order valence-corrected chi connectivity index (χ4v) is 3.27. The largest absolute Gasteiger partial charge is 0.495 e. The molecule has 21 heavy (non-hydrogen) atoms. The molecule has 2 aromatic rings. The first-order chi connectivity index (χ1) is 9.81. The Morgan fingerprint density at radius 3 is 2.52 bits per heavy atom. The van der Waals surface area contributed by atoms with Crippen molar-refractivity contribution >= 4 is 33.0 Å². The summed E-state index contributed by atoms with van der Waals surface area (Å²) in [6, 6.07) is 9.31. The summed E-state index contributed by atoms with van der Waals surface area (Å²) in [4.78, 5) is 0.0852. The van der Waals surface area contributed by atoms with Crippen LogP contribution in [0.2, 0.25) is 5.02 Å². The van der Waals surface area contributed by atoms with Crippen LogP contribution in [0.5, 0.6) is 5.75 Å². The average molecular weight is 327 g/mol. The predicted molar refractivity (Wildman–Crippen MR) is 84.4 cm³/mol. The lowest BCUT2D eigenvalue weighted by Crippen LogP contribution is -2.14. The van der Waals surface area contributed by atoms with Gasteiger partial charge >= 0.3 is 0 Å². The monoisotopic (exact) mass is 326 g/mol. The van der Waals surface area contributed by atoms with E-state index in [1.54, 1.807) is 25.1 Å². The first-order valence-electron chi connectivity index (χ1n) is 6.05. The Bertz CT molecular complexity index is 756. The maximum atomic E-state index is 12.4. The van der Waals surface area contributed by atoms with Crippen molar-refractivity contribution in [1.29, 1.82) is 0 Å². The summed E-state index contributed by atoms with van der Waals surface area (Å²) in [5, 5.41) is 0.400. The van der Waals surface area contributed by atoms with Gasteiger partial charge in [0.2, 0.25) is 0 Å². The number of nitrogen functional groups attached to an aromatic ring is 1. The van der Waals surface area contributed by atoms with Crippen molar-refractivity contribution in [3.63, 3.8) is 0 Å². The lowest BCUT2D eigenvalue weighted by molar-refractivity contribution is 0.417. The normalized spacial score (nSPS) is 11.2. The van der Waals surface area contributed by atoms with E-state index in [0.717, 1.165) is 5.56 Å². The van der Waals surface area contributed by atoms with Gasteiger partial charge in [0.1, 0.15) is 5.75 Å². The topological polar surface area (TPSA) is 81.4 Å². The minimum absolute atomic E-state index is 0.0852. The molecule has 2 rings (SSSR count). The van der Waals surface area contributed by atoms with E-state index in [1.807, 2.05) is 0 Å². The van der Waals surface area contributed by atoms with Gasteiger partial charge in [0, 0.05) is 10.7 Å². The van der Waals surface area contributed by atoms with Gasteiger partial charge in [0.05, 0.1) is 17.7 Å². The molecule has 0 saturated heterocycles. The number of hydrogen-bond acceptors (Lipinski definition) is 4. The van der Waals surface area contributed by atoms with Gasteiger partial charge in [0.25, 0.3) is 10.0 Å². The van der Waals surface area contributed by atoms with Crippen molar-refractivity contribution in [3.05, 3.63) is 47.0 Å². The highest BCUT2D eigenvalue weighted by molar-refractivity contribution is 7.92. The molecule has 0 spiro atoms. The Hall–Kier alpha value is -1.92. The van der Waals surface area contributed by atoms with Crippen LogP contribution in [0.4, 0.5) is 11.4 Å². The highest BCUT2D eigenvalue weighted by Gasteiger charge is 2.17. The van der Waals surface area contributed by atoms with Crippen molar-refractivity contribution in [1.82, 2.24) is 0 Å². The van der Waals surface area contributed by atoms with Gasteiger partial charge < -0.3 is 10.5 Å². The van der Waals surface area contributed by atoms with Gasteiger partial charge in [-0.05, 0) is 48.9 Å². The predicted octanol–water partition coefficient (Wildman–Crippen LogP) is 3.04. The summed E-state index contributed by atoms with van der Waals surface area (Å²) >= 11 is 5.89. The molecule has 112 valence electrons. The van der Waals surface area contributed by atoms with E-state index in [1.165, 1.54) is 25.3 Å². The van der Waals surface area contributed by atoms with Gasteiger partial charge in [-0.25, -0.2) is 8.42 Å². The lowest BCUT2D eigenvalue weighted by Gasteiger charge is -2.13. The smallest absolute Gasteiger partial charge is 0.262 e. The Balaban J connectivity index is 2.44. The van der Waals surface area contributed by atoms with Crippen molar-refractivity contribution in [2.75, 3.05) is 17.6 Å². The molecule has 0 aliphatic rings. The number of halogens is 1. The third kappa shape index (κ3) is 3.59. The Kier molecular flexibility index (Phi) is 4.29. The molecule has 0 bridgehead atoms. The SMILES string of the molecule is COc1ccc(Cl)cc1NS(=O)(=O)c1cc(C)cc(N)c1. The standard InChI is InChI=1S/C14H15ClN2O3S/c1-9-5-11(16)8-12(6-9)21(18,19)17-13-7-10(15)3-4-14(13)20-2/h3-8,17H,16H2,1-2H3. The van der Waals surface area contributed by atoms with E-state index in [0.29, 0.717) is 16.5 Å². The highest BCUT2D eigenvalue weighted by Crippen LogP contribution is 2.30. The number of nitrogens with two attached hydrogens (primary N) is 1. The summed E-state index contributed by atoms with van der Waals surface area (Å²) in [7, 11) is -2.33. The molecular weight excluding hydrogens is 312 g/mol. The number of hydrogen-bond donors (Lipinski definition) is 2. The van der Waals surface area contributed by atoms with Crippen LogP contribution in [0.1, 0.15) is 5.56 Å². The van der Waals surface area contributed by atoms with E-state index in [-0.39, 0.29) is 10.6 Å². The molecule has 0 aromatic heterocycles. The molecular formula is C14H15ClN2O3S. The zero-order valence-electron chi connectivity index (χ0n) is 11.6. The number of benzene rings is 2. The van der Waals surface area contributed by atoms with Gasteiger partial charge in [-0.3, -0.25) is 4.72 Å². The second kappa shape index (κ2) is 5.83. The molecule has 0 aliphatic carbocycles. The van der Waals surface area contributed by atoms with Crippen LogP contribution in [0.25, 0.3) is 0 Å². The zero-order valence-corrected chi connectivity index (χ0v) is 13.1. The van der Waals surface area contributed by atoms with Crippen molar-refractivity contribution in [2.45, 2.75) is 11.8 Å². The molecule has 7 heteroatoms. The molecule has 0 atom stereocenters. The van der Waals surface area contributed by atoms with Crippen molar-refractivity contribution < 1.29 is 13.2 Å². The van der Waals surface area contributed by atoms with Crippen LogP contribution in [0.15, 0.2) is 41.3 Å². The molecule has 0 unspecified atom stereocenters. The summed E-state index contributed by atoms with van der Waals surface area (Å²) in [5.74, 6) is 0.378. The number of sulfonamides is 1. The quantitative estimate of drug-likeness (QED) is 0.846. The zero-order chi connectivity index (χ0) is 15.6. The molecule has 0 radical (unpaired) electrons.